The highest BCUT2D eigenvalue weighted by Crippen LogP contribution is 2.25. The Morgan fingerprint density at radius 1 is 1.46 bits per heavy atom. The van der Waals surface area contributed by atoms with Crippen molar-refractivity contribution in [1.29, 1.82) is 0 Å². The highest BCUT2D eigenvalue weighted by molar-refractivity contribution is 6.67. The fourth-order valence-corrected chi connectivity index (χ4v) is 1.05. The fraction of sp³-hybridized carbons (Fsp3) is 0. The highest BCUT2D eigenvalue weighted by Gasteiger charge is 2.05. The third-order valence-corrected chi connectivity index (χ3v) is 1.88. The Balaban J connectivity index is 3.26. The number of carbonyl (C=O) groups is 1. The van der Waals surface area contributed by atoms with Gasteiger partial charge in [0.15, 0.2) is 0 Å². The zero-order valence-corrected chi connectivity index (χ0v) is 7.76. The summed E-state index contributed by atoms with van der Waals surface area (Å²) < 4.78 is 0. The first-order valence-corrected chi connectivity index (χ1v) is 3.98. The van der Waals surface area contributed by atoms with Gasteiger partial charge in [-0.05, 0) is 29.8 Å². The van der Waals surface area contributed by atoms with E-state index in [1.165, 1.54) is 24.3 Å². The van der Waals surface area contributed by atoms with Crippen LogP contribution in [0.1, 0.15) is 10.4 Å². The quantitative estimate of drug-likeness (QED) is 0.433. The number of aliphatic imine (C=N–C) groups is 1. The van der Waals surface area contributed by atoms with Gasteiger partial charge >= 0.3 is 0 Å². The summed E-state index contributed by atoms with van der Waals surface area (Å²) in [4.78, 5) is 23.9. The van der Waals surface area contributed by atoms with Gasteiger partial charge in [-0.2, -0.15) is 4.99 Å². The number of carbonyl (C=O) groups excluding carboxylic acids is 2. The van der Waals surface area contributed by atoms with Crippen molar-refractivity contribution in [2.24, 2.45) is 4.99 Å². The summed E-state index contributed by atoms with van der Waals surface area (Å²) in [5.74, 6) is 0. The summed E-state index contributed by atoms with van der Waals surface area (Å²) in [5, 5.41) is -0.357. The minimum absolute atomic E-state index is 0.183. The molecule has 0 aliphatic rings. The smallest absolute Gasteiger partial charge is 0.252 e. The summed E-state index contributed by atoms with van der Waals surface area (Å²) in [6.45, 7) is 0. The lowest BCUT2D eigenvalue weighted by atomic mass is 10.2. The molecule has 0 atom stereocenters. The standard InChI is InChI=1S/C8H3Cl2NO2/c9-6-2-1-5(8(10)13)3-7(6)11-4-12/h1-3H. The molecule has 5 heteroatoms. The average molecular weight is 216 g/mol. The van der Waals surface area contributed by atoms with Crippen molar-refractivity contribution in [2.45, 2.75) is 0 Å². The molecule has 0 saturated carbocycles. The molecule has 0 aromatic heterocycles. The lowest BCUT2D eigenvalue weighted by Crippen LogP contribution is -1.87. The van der Waals surface area contributed by atoms with E-state index in [0.29, 0.717) is 0 Å². The number of hydrogen-bond donors (Lipinski definition) is 0. The van der Waals surface area contributed by atoms with Gasteiger partial charge in [0.25, 0.3) is 5.24 Å². The second-order valence-corrected chi connectivity index (χ2v) is 2.89. The molecule has 0 aliphatic heterocycles. The molecule has 0 saturated heterocycles. The van der Waals surface area contributed by atoms with Crippen LogP contribution in [-0.4, -0.2) is 11.3 Å². The highest BCUT2D eigenvalue weighted by atomic mass is 35.5. The van der Waals surface area contributed by atoms with Crippen LogP contribution in [0.3, 0.4) is 0 Å². The topological polar surface area (TPSA) is 46.5 Å². The van der Waals surface area contributed by atoms with Crippen LogP contribution in [0.5, 0.6) is 0 Å². The summed E-state index contributed by atoms with van der Waals surface area (Å²) in [7, 11) is 0. The van der Waals surface area contributed by atoms with Gasteiger partial charge in [-0.1, -0.05) is 11.6 Å². The molecule has 0 heterocycles. The van der Waals surface area contributed by atoms with Crippen molar-refractivity contribution < 1.29 is 9.59 Å². The van der Waals surface area contributed by atoms with Crippen LogP contribution in [0.2, 0.25) is 5.02 Å². The van der Waals surface area contributed by atoms with Gasteiger partial charge in [-0.15, -0.1) is 0 Å². The SMILES string of the molecule is O=C=Nc1cc(C(=O)Cl)ccc1Cl. The number of halogens is 2. The maximum atomic E-state index is 10.7. The van der Waals surface area contributed by atoms with Crippen molar-refractivity contribution in [3.63, 3.8) is 0 Å². The van der Waals surface area contributed by atoms with Crippen molar-refractivity contribution in [1.82, 2.24) is 0 Å². The van der Waals surface area contributed by atoms with Gasteiger partial charge in [0.05, 0.1) is 10.7 Å². The van der Waals surface area contributed by atoms with Gasteiger partial charge in [0.2, 0.25) is 6.08 Å². The van der Waals surface area contributed by atoms with Crippen molar-refractivity contribution in [2.75, 3.05) is 0 Å². The monoisotopic (exact) mass is 215 g/mol. The molecule has 0 radical (unpaired) electrons. The van der Waals surface area contributed by atoms with E-state index in [4.69, 9.17) is 23.2 Å². The normalized spacial score (nSPS) is 9.08. The molecule has 0 unspecified atom stereocenters. The molecule has 0 aliphatic carbocycles. The minimum atomic E-state index is -0.626. The number of isocyanates is 1. The third kappa shape index (κ3) is 2.39. The van der Waals surface area contributed by atoms with Crippen molar-refractivity contribution in [3.05, 3.63) is 28.8 Å². The predicted octanol–water partition coefficient (Wildman–Crippen LogP) is 2.69. The van der Waals surface area contributed by atoms with Crippen LogP contribution < -0.4 is 0 Å². The Bertz CT molecular complexity index is 397. The maximum Gasteiger partial charge on any atom is 0.252 e. The molecule has 1 aromatic rings. The van der Waals surface area contributed by atoms with Crippen molar-refractivity contribution in [3.8, 4) is 0 Å². The van der Waals surface area contributed by atoms with E-state index >= 15 is 0 Å². The molecule has 3 nitrogen and oxygen atoms in total. The van der Waals surface area contributed by atoms with E-state index in [2.05, 4.69) is 4.99 Å². The van der Waals surface area contributed by atoms with Crippen LogP contribution >= 0.6 is 23.2 Å². The Morgan fingerprint density at radius 2 is 2.15 bits per heavy atom. The van der Waals surface area contributed by atoms with Crippen LogP contribution in [-0.2, 0) is 4.79 Å². The molecular formula is C8H3Cl2NO2. The fourth-order valence-electron chi connectivity index (χ4n) is 0.770. The second-order valence-electron chi connectivity index (χ2n) is 2.14. The number of hydrogen-bond acceptors (Lipinski definition) is 3. The van der Waals surface area contributed by atoms with Gasteiger partial charge in [0.1, 0.15) is 0 Å². The maximum absolute atomic E-state index is 10.7. The van der Waals surface area contributed by atoms with Gasteiger partial charge in [0, 0.05) is 5.56 Å². The van der Waals surface area contributed by atoms with Crippen LogP contribution in [0.4, 0.5) is 5.69 Å². The Hall–Kier alpha value is -1.15. The van der Waals surface area contributed by atoms with Crippen LogP contribution in [0.15, 0.2) is 23.2 Å². The largest absolute Gasteiger partial charge is 0.276 e. The number of rotatable bonds is 2. The van der Waals surface area contributed by atoms with Crippen LogP contribution in [0.25, 0.3) is 0 Å². The van der Waals surface area contributed by atoms with E-state index < -0.39 is 5.24 Å². The van der Waals surface area contributed by atoms with E-state index in [1.54, 1.807) is 0 Å². The summed E-state index contributed by atoms with van der Waals surface area (Å²) >= 11 is 10.9. The third-order valence-electron chi connectivity index (χ3n) is 1.34. The average Bonchev–Trinajstić information content (AvgIpc) is 2.08. The molecule has 1 rings (SSSR count). The molecule has 0 N–H and O–H groups in total. The Labute approximate surface area is 84.0 Å². The van der Waals surface area contributed by atoms with E-state index in [1.807, 2.05) is 0 Å². The lowest BCUT2D eigenvalue weighted by molar-refractivity contribution is 0.108. The first-order chi connectivity index (χ1) is 6.15. The molecule has 66 valence electrons. The van der Waals surface area contributed by atoms with Crippen LogP contribution in [0, 0.1) is 0 Å². The first kappa shape index (κ1) is 9.93. The van der Waals surface area contributed by atoms with Gasteiger partial charge in [-0.3, -0.25) is 4.79 Å². The predicted molar refractivity (Wildman–Crippen MR) is 49.4 cm³/mol. The summed E-state index contributed by atoms with van der Waals surface area (Å²) in [5.41, 5.74) is 0.420. The molecule has 13 heavy (non-hydrogen) atoms. The van der Waals surface area contributed by atoms with E-state index in [9.17, 15) is 9.59 Å². The minimum Gasteiger partial charge on any atom is -0.276 e. The van der Waals surface area contributed by atoms with E-state index in [0.717, 1.165) is 0 Å². The molecular weight excluding hydrogens is 213 g/mol. The zero-order chi connectivity index (χ0) is 9.84. The second kappa shape index (κ2) is 4.19. The number of nitrogens with zero attached hydrogens (tertiary/aromatic N) is 1. The molecule has 1 aromatic carbocycles. The Morgan fingerprint density at radius 3 is 2.69 bits per heavy atom. The van der Waals surface area contributed by atoms with Gasteiger partial charge in [-0.25, -0.2) is 4.79 Å². The lowest BCUT2D eigenvalue weighted by Gasteiger charge is -1.97. The molecule has 0 amide bonds. The summed E-state index contributed by atoms with van der Waals surface area (Å²) in [6.07, 6.45) is 1.33. The summed E-state index contributed by atoms with van der Waals surface area (Å²) in [6, 6.07) is 4.21. The Kier molecular flexibility index (Phi) is 3.20. The molecule has 0 spiro atoms. The van der Waals surface area contributed by atoms with E-state index in [-0.39, 0.29) is 16.3 Å². The molecule has 0 fully saturated rings. The molecule has 0 bridgehead atoms. The van der Waals surface area contributed by atoms with Gasteiger partial charge < -0.3 is 0 Å². The van der Waals surface area contributed by atoms with Crippen molar-refractivity contribution >= 4 is 40.2 Å². The number of benzene rings is 1. The first-order valence-electron chi connectivity index (χ1n) is 3.22. The zero-order valence-electron chi connectivity index (χ0n) is 6.25.